The second-order valence-corrected chi connectivity index (χ2v) is 10.8. The maximum Gasteiger partial charge on any atom is 0.246 e. The summed E-state index contributed by atoms with van der Waals surface area (Å²) in [5.41, 5.74) is 3.28. The smallest absolute Gasteiger partial charge is 0.246 e. The topological polar surface area (TPSA) is 30.0 Å². The standard InChI is InChI=1S/C29H38ClFN4O/c1-22(2)34-15-12-32(13-16-34)21-26-18-27(30)8-6-25(26)7-11-29(36)35-17-14-33(19-23(35)3)20-24-4-9-28(31)10-5-24/h4-11,18,22-23H,12-17,19-21H2,1-3H3/t23-/m1/s1. The number of rotatable bonds is 7. The van der Waals surface area contributed by atoms with Gasteiger partial charge in [0.25, 0.3) is 0 Å². The zero-order valence-electron chi connectivity index (χ0n) is 21.7. The van der Waals surface area contributed by atoms with Crippen LogP contribution < -0.4 is 0 Å². The number of amides is 1. The summed E-state index contributed by atoms with van der Waals surface area (Å²) >= 11 is 6.33. The minimum atomic E-state index is -0.216. The molecule has 0 saturated carbocycles. The van der Waals surface area contributed by atoms with Gasteiger partial charge in [-0.15, -0.1) is 0 Å². The molecular formula is C29H38ClFN4O. The lowest BCUT2D eigenvalue weighted by atomic mass is 10.1. The van der Waals surface area contributed by atoms with Gasteiger partial charge in [0.1, 0.15) is 5.82 Å². The SMILES string of the molecule is CC(C)N1CCN(Cc2cc(Cl)ccc2C=CC(=O)N2CCN(Cc3ccc(F)cc3)C[C@H]2C)CC1. The van der Waals surface area contributed by atoms with E-state index in [2.05, 4.69) is 35.5 Å². The average molecular weight is 513 g/mol. The van der Waals surface area contributed by atoms with E-state index >= 15 is 0 Å². The predicted molar refractivity (Wildman–Crippen MR) is 145 cm³/mol. The Hall–Kier alpha value is -2.25. The highest BCUT2D eigenvalue weighted by atomic mass is 35.5. The maximum absolute atomic E-state index is 13.2. The average Bonchev–Trinajstić information content (AvgIpc) is 2.85. The molecule has 2 aliphatic heterocycles. The van der Waals surface area contributed by atoms with E-state index in [4.69, 9.17) is 11.6 Å². The highest BCUT2D eigenvalue weighted by Gasteiger charge is 2.26. The lowest BCUT2D eigenvalue weighted by Gasteiger charge is -2.39. The first kappa shape index (κ1) is 26.8. The third-order valence-corrected chi connectivity index (χ3v) is 7.59. The normalized spacial score (nSPS) is 20.5. The van der Waals surface area contributed by atoms with Crippen LogP contribution in [0.4, 0.5) is 4.39 Å². The van der Waals surface area contributed by atoms with Gasteiger partial charge in [0.15, 0.2) is 0 Å². The molecule has 194 valence electrons. The molecule has 2 aromatic carbocycles. The van der Waals surface area contributed by atoms with Gasteiger partial charge < -0.3 is 4.90 Å². The van der Waals surface area contributed by atoms with Crippen LogP contribution in [0.1, 0.15) is 37.5 Å². The molecular weight excluding hydrogens is 475 g/mol. The fraction of sp³-hybridized carbons (Fsp3) is 0.483. The Labute approximate surface area is 220 Å². The van der Waals surface area contributed by atoms with Crippen molar-refractivity contribution >= 4 is 23.6 Å². The number of halogens is 2. The molecule has 2 saturated heterocycles. The number of benzene rings is 2. The molecule has 0 N–H and O–H groups in total. The Morgan fingerprint density at radius 2 is 1.69 bits per heavy atom. The van der Waals surface area contributed by atoms with E-state index in [-0.39, 0.29) is 17.8 Å². The fourth-order valence-electron chi connectivity index (χ4n) is 5.16. The van der Waals surface area contributed by atoms with Gasteiger partial charge in [-0.2, -0.15) is 0 Å². The molecule has 5 nitrogen and oxygen atoms in total. The van der Waals surface area contributed by atoms with Gasteiger partial charge >= 0.3 is 0 Å². The van der Waals surface area contributed by atoms with Crippen molar-refractivity contribution in [2.45, 2.75) is 45.9 Å². The van der Waals surface area contributed by atoms with Crippen LogP contribution in [0, 0.1) is 5.82 Å². The number of carbonyl (C=O) groups excluding carboxylic acids is 1. The van der Waals surface area contributed by atoms with Gasteiger partial charge in [0.05, 0.1) is 0 Å². The summed E-state index contributed by atoms with van der Waals surface area (Å²) in [6, 6.07) is 13.3. The van der Waals surface area contributed by atoms with Crippen molar-refractivity contribution in [3.8, 4) is 0 Å². The molecule has 0 aromatic heterocycles. The van der Waals surface area contributed by atoms with Gasteiger partial charge in [-0.05, 0) is 67.8 Å². The summed E-state index contributed by atoms with van der Waals surface area (Å²) in [7, 11) is 0. The van der Waals surface area contributed by atoms with Crippen molar-refractivity contribution < 1.29 is 9.18 Å². The number of nitrogens with zero attached hydrogens (tertiary/aromatic N) is 4. The molecule has 36 heavy (non-hydrogen) atoms. The molecule has 2 heterocycles. The van der Waals surface area contributed by atoms with E-state index < -0.39 is 0 Å². The number of hydrogen-bond donors (Lipinski definition) is 0. The lowest BCUT2D eigenvalue weighted by Crippen LogP contribution is -2.53. The van der Waals surface area contributed by atoms with Gasteiger partial charge in [0, 0.05) is 82.1 Å². The van der Waals surface area contributed by atoms with Crippen molar-refractivity contribution in [1.82, 2.24) is 19.6 Å². The zero-order chi connectivity index (χ0) is 25.7. The molecule has 7 heteroatoms. The first-order valence-corrected chi connectivity index (χ1v) is 13.4. The zero-order valence-corrected chi connectivity index (χ0v) is 22.4. The van der Waals surface area contributed by atoms with E-state index in [0.717, 1.165) is 74.1 Å². The van der Waals surface area contributed by atoms with Crippen LogP contribution in [0.2, 0.25) is 5.02 Å². The van der Waals surface area contributed by atoms with Crippen LogP contribution in [0.15, 0.2) is 48.5 Å². The third-order valence-electron chi connectivity index (χ3n) is 7.36. The van der Waals surface area contributed by atoms with Gasteiger partial charge in [-0.25, -0.2) is 4.39 Å². The van der Waals surface area contributed by atoms with E-state index in [1.807, 2.05) is 41.3 Å². The summed E-state index contributed by atoms with van der Waals surface area (Å²) in [5.74, 6) is -0.178. The Kier molecular flexibility index (Phi) is 9.18. The number of piperazine rings is 2. The van der Waals surface area contributed by atoms with E-state index in [9.17, 15) is 9.18 Å². The summed E-state index contributed by atoms with van der Waals surface area (Å²) in [6.07, 6.45) is 3.64. The lowest BCUT2D eigenvalue weighted by molar-refractivity contribution is -0.130. The molecule has 0 aliphatic carbocycles. The first-order chi connectivity index (χ1) is 17.3. The van der Waals surface area contributed by atoms with Crippen LogP contribution in [-0.4, -0.2) is 83.4 Å². The van der Waals surface area contributed by atoms with Crippen LogP contribution in [0.5, 0.6) is 0 Å². The fourth-order valence-corrected chi connectivity index (χ4v) is 5.36. The molecule has 0 spiro atoms. The largest absolute Gasteiger partial charge is 0.334 e. The van der Waals surface area contributed by atoms with Crippen LogP contribution in [0.25, 0.3) is 6.08 Å². The van der Waals surface area contributed by atoms with Crippen molar-refractivity contribution in [2.24, 2.45) is 0 Å². The second-order valence-electron chi connectivity index (χ2n) is 10.3. The van der Waals surface area contributed by atoms with Crippen molar-refractivity contribution in [3.05, 3.63) is 76.1 Å². The second kappa shape index (κ2) is 12.3. The number of carbonyl (C=O) groups is 1. The van der Waals surface area contributed by atoms with Gasteiger partial charge in [0.2, 0.25) is 5.91 Å². The summed E-state index contributed by atoms with van der Waals surface area (Å²) in [6.45, 7) is 14.7. The molecule has 0 unspecified atom stereocenters. The molecule has 0 radical (unpaired) electrons. The Balaban J connectivity index is 1.34. The number of hydrogen-bond acceptors (Lipinski definition) is 4. The highest BCUT2D eigenvalue weighted by Crippen LogP contribution is 2.21. The van der Waals surface area contributed by atoms with E-state index in [0.29, 0.717) is 12.6 Å². The summed E-state index contributed by atoms with van der Waals surface area (Å²) in [5, 5.41) is 0.722. The van der Waals surface area contributed by atoms with Crippen molar-refractivity contribution in [1.29, 1.82) is 0 Å². The molecule has 2 aromatic rings. The van der Waals surface area contributed by atoms with Gasteiger partial charge in [-0.3, -0.25) is 19.5 Å². The quantitative estimate of drug-likeness (QED) is 0.501. The Morgan fingerprint density at radius 1 is 1.00 bits per heavy atom. The molecule has 2 aliphatic rings. The first-order valence-electron chi connectivity index (χ1n) is 13.0. The summed E-state index contributed by atoms with van der Waals surface area (Å²) < 4.78 is 13.2. The van der Waals surface area contributed by atoms with E-state index in [1.54, 1.807) is 6.08 Å². The monoisotopic (exact) mass is 512 g/mol. The highest BCUT2D eigenvalue weighted by molar-refractivity contribution is 6.30. The minimum Gasteiger partial charge on any atom is -0.334 e. The maximum atomic E-state index is 13.2. The Bertz CT molecular complexity index is 1050. The molecule has 4 rings (SSSR count). The van der Waals surface area contributed by atoms with Crippen molar-refractivity contribution in [2.75, 3.05) is 45.8 Å². The van der Waals surface area contributed by atoms with E-state index in [1.165, 1.54) is 12.1 Å². The third kappa shape index (κ3) is 7.16. The molecule has 1 atom stereocenters. The minimum absolute atomic E-state index is 0.0374. The predicted octanol–water partition coefficient (Wildman–Crippen LogP) is 4.75. The summed E-state index contributed by atoms with van der Waals surface area (Å²) in [4.78, 5) is 22.3. The van der Waals surface area contributed by atoms with Gasteiger partial charge in [-0.1, -0.05) is 29.8 Å². The molecule has 0 bridgehead atoms. The molecule has 1 amide bonds. The molecule has 2 fully saturated rings. The Morgan fingerprint density at radius 3 is 2.36 bits per heavy atom. The van der Waals surface area contributed by atoms with Crippen molar-refractivity contribution in [3.63, 3.8) is 0 Å². The van der Waals surface area contributed by atoms with Crippen LogP contribution in [-0.2, 0) is 17.9 Å². The van der Waals surface area contributed by atoms with Crippen LogP contribution >= 0.6 is 11.6 Å². The van der Waals surface area contributed by atoms with Crippen LogP contribution in [0.3, 0.4) is 0 Å².